The molecule has 0 amide bonds. The molecular formula is C19H21N2S+. The number of rotatable bonds is 4. The number of para-hydroxylation sites is 1. The van der Waals surface area contributed by atoms with Crippen LogP contribution in [0.15, 0.2) is 60.7 Å². The summed E-state index contributed by atoms with van der Waals surface area (Å²) in [6.45, 7) is 0. The van der Waals surface area contributed by atoms with Crippen LogP contribution in [0.1, 0.15) is 17.0 Å². The fraction of sp³-hybridized carbons (Fsp3) is 0.211. The average Bonchev–Trinajstić information content (AvgIpc) is 2.84. The smallest absolute Gasteiger partial charge is 0.209 e. The van der Waals surface area contributed by atoms with Crippen molar-refractivity contribution in [3.05, 3.63) is 71.8 Å². The fourth-order valence-electron chi connectivity index (χ4n) is 2.77. The number of fused-ring (bicyclic) bond motifs is 1. The van der Waals surface area contributed by atoms with E-state index in [0.29, 0.717) is 5.92 Å². The number of allylic oxidation sites excluding steroid dienone is 1. The molecule has 0 bridgehead atoms. The van der Waals surface area contributed by atoms with Gasteiger partial charge in [0.05, 0.1) is 5.92 Å². The molecule has 22 heavy (non-hydrogen) atoms. The van der Waals surface area contributed by atoms with E-state index in [4.69, 9.17) is 0 Å². The third-order valence-corrected chi connectivity index (χ3v) is 4.66. The lowest BCUT2D eigenvalue weighted by molar-refractivity contribution is -0.396. The average molecular weight is 309 g/mol. The quantitative estimate of drug-likeness (QED) is 0.611. The van der Waals surface area contributed by atoms with Gasteiger partial charge >= 0.3 is 0 Å². The second-order valence-corrected chi connectivity index (χ2v) is 7.00. The van der Waals surface area contributed by atoms with Crippen LogP contribution in [-0.4, -0.2) is 36.2 Å². The Morgan fingerprint density at radius 2 is 1.73 bits per heavy atom. The van der Waals surface area contributed by atoms with Gasteiger partial charge in [0, 0.05) is 16.5 Å². The van der Waals surface area contributed by atoms with E-state index in [-0.39, 0.29) is 0 Å². The van der Waals surface area contributed by atoms with Gasteiger partial charge in [-0.25, -0.2) is 4.58 Å². The molecule has 1 heterocycles. The zero-order valence-electron chi connectivity index (χ0n) is 13.2. The molecule has 112 valence electrons. The highest BCUT2D eigenvalue weighted by Crippen LogP contribution is 2.36. The van der Waals surface area contributed by atoms with E-state index in [2.05, 4.69) is 96.9 Å². The van der Waals surface area contributed by atoms with E-state index in [9.17, 15) is 0 Å². The normalized spacial score (nSPS) is 17.5. The van der Waals surface area contributed by atoms with Gasteiger partial charge in [0.2, 0.25) is 5.69 Å². The summed E-state index contributed by atoms with van der Waals surface area (Å²) in [4.78, 5) is 1.29. The first-order valence-electron chi connectivity index (χ1n) is 7.44. The van der Waals surface area contributed by atoms with Gasteiger partial charge in [0.15, 0.2) is 6.21 Å². The van der Waals surface area contributed by atoms with Gasteiger partial charge in [-0.15, -0.1) is 0 Å². The van der Waals surface area contributed by atoms with Crippen molar-refractivity contribution in [2.75, 3.05) is 21.1 Å². The van der Waals surface area contributed by atoms with Crippen molar-refractivity contribution >= 4 is 28.8 Å². The van der Waals surface area contributed by atoms with Crippen molar-refractivity contribution < 1.29 is 4.58 Å². The third-order valence-electron chi connectivity index (χ3n) is 3.73. The van der Waals surface area contributed by atoms with E-state index in [1.165, 1.54) is 21.7 Å². The molecular weight excluding hydrogens is 288 g/mol. The van der Waals surface area contributed by atoms with Crippen molar-refractivity contribution in [1.82, 2.24) is 4.31 Å². The summed E-state index contributed by atoms with van der Waals surface area (Å²) in [6, 6.07) is 19.2. The Labute approximate surface area is 136 Å². The molecule has 2 nitrogen and oxygen atoms in total. The molecule has 0 saturated heterocycles. The van der Waals surface area contributed by atoms with Crippen LogP contribution in [0.4, 0.5) is 5.69 Å². The van der Waals surface area contributed by atoms with Crippen molar-refractivity contribution in [2.24, 2.45) is 0 Å². The third kappa shape index (κ3) is 3.16. The lowest BCUT2D eigenvalue weighted by atomic mass is 10.00. The Morgan fingerprint density at radius 1 is 1.05 bits per heavy atom. The first-order chi connectivity index (χ1) is 10.6. The van der Waals surface area contributed by atoms with E-state index in [1.807, 2.05) is 0 Å². The zero-order chi connectivity index (χ0) is 15.5. The molecule has 0 radical (unpaired) electrons. The number of hydrogen-bond acceptors (Lipinski definition) is 2. The second-order valence-electron chi connectivity index (χ2n) is 5.65. The first kappa shape index (κ1) is 15.1. The molecule has 1 unspecified atom stereocenters. The van der Waals surface area contributed by atoms with Crippen LogP contribution in [0.25, 0.3) is 4.91 Å². The van der Waals surface area contributed by atoms with Crippen LogP contribution in [0.5, 0.6) is 0 Å². The summed E-state index contributed by atoms with van der Waals surface area (Å²) < 4.78 is 4.36. The van der Waals surface area contributed by atoms with Crippen LogP contribution in [0, 0.1) is 0 Å². The minimum absolute atomic E-state index is 0.323. The molecule has 3 rings (SSSR count). The highest BCUT2D eigenvalue weighted by molar-refractivity contribution is 8.06. The van der Waals surface area contributed by atoms with Gasteiger partial charge < -0.3 is 0 Å². The lowest BCUT2D eigenvalue weighted by Gasteiger charge is -2.14. The lowest BCUT2D eigenvalue weighted by Crippen LogP contribution is -2.01. The van der Waals surface area contributed by atoms with Crippen LogP contribution in [0.2, 0.25) is 0 Å². The summed E-state index contributed by atoms with van der Waals surface area (Å²) >= 11 is 1.77. The summed E-state index contributed by atoms with van der Waals surface area (Å²) in [5.41, 5.74) is 3.94. The summed E-state index contributed by atoms with van der Waals surface area (Å²) in [7, 11) is 6.29. The van der Waals surface area contributed by atoms with Crippen molar-refractivity contribution in [3.63, 3.8) is 0 Å². The molecule has 0 spiro atoms. The Kier molecular flexibility index (Phi) is 4.46. The number of hydrogen-bond donors (Lipinski definition) is 0. The standard InChI is InChI=1S/C19H21N2S/c1-20(2)22-19(15-9-5-4-6-10-15)13-16-14-21(3)18-12-8-7-11-17(16)18/h4-14,16H,1-3H3/q+1/b19-13-. The van der Waals surface area contributed by atoms with Crippen molar-refractivity contribution in [1.29, 1.82) is 0 Å². The Morgan fingerprint density at radius 3 is 2.45 bits per heavy atom. The highest BCUT2D eigenvalue weighted by atomic mass is 32.2. The van der Waals surface area contributed by atoms with Crippen molar-refractivity contribution in [3.8, 4) is 0 Å². The highest BCUT2D eigenvalue weighted by Gasteiger charge is 2.27. The summed E-state index contributed by atoms with van der Waals surface area (Å²) in [5.74, 6) is 0.323. The molecule has 2 aromatic carbocycles. The molecule has 3 heteroatoms. The van der Waals surface area contributed by atoms with E-state index in [1.54, 1.807) is 11.9 Å². The Bertz CT molecular complexity index is 717. The molecule has 2 aromatic rings. The van der Waals surface area contributed by atoms with Gasteiger partial charge in [-0.05, 0) is 31.6 Å². The van der Waals surface area contributed by atoms with E-state index in [0.717, 1.165) is 0 Å². The molecule has 1 atom stereocenters. The van der Waals surface area contributed by atoms with Crippen LogP contribution in [-0.2, 0) is 0 Å². The van der Waals surface area contributed by atoms with Gasteiger partial charge in [-0.3, -0.25) is 4.31 Å². The van der Waals surface area contributed by atoms with Crippen molar-refractivity contribution in [2.45, 2.75) is 5.92 Å². The second kappa shape index (κ2) is 6.51. The minimum Gasteiger partial charge on any atom is -0.253 e. The van der Waals surface area contributed by atoms with E-state index >= 15 is 0 Å². The van der Waals surface area contributed by atoms with Crippen LogP contribution < -0.4 is 0 Å². The maximum Gasteiger partial charge on any atom is 0.209 e. The number of benzene rings is 2. The summed E-state index contributed by atoms with van der Waals surface area (Å²) in [6.07, 6.45) is 4.64. The fourth-order valence-corrected chi connectivity index (χ4v) is 3.61. The van der Waals surface area contributed by atoms with Gasteiger partial charge in [-0.1, -0.05) is 54.6 Å². The van der Waals surface area contributed by atoms with Gasteiger partial charge in [-0.2, -0.15) is 0 Å². The monoisotopic (exact) mass is 309 g/mol. The molecule has 0 aromatic heterocycles. The summed E-state index contributed by atoms with van der Waals surface area (Å²) in [5, 5.41) is 0. The topological polar surface area (TPSA) is 6.25 Å². The molecule has 1 aliphatic heterocycles. The molecule has 1 aliphatic rings. The Balaban J connectivity index is 2.00. The Hall–Kier alpha value is -1.84. The molecule has 0 saturated carbocycles. The van der Waals surface area contributed by atoms with Gasteiger partial charge in [0.1, 0.15) is 7.05 Å². The van der Waals surface area contributed by atoms with E-state index < -0.39 is 0 Å². The first-order valence-corrected chi connectivity index (χ1v) is 8.22. The molecule has 0 aliphatic carbocycles. The van der Waals surface area contributed by atoms with Crippen LogP contribution >= 0.6 is 11.9 Å². The predicted molar refractivity (Wildman–Crippen MR) is 96.8 cm³/mol. The molecule has 0 fully saturated rings. The molecule has 0 N–H and O–H groups in total. The minimum atomic E-state index is 0.323. The maximum atomic E-state index is 2.36. The van der Waals surface area contributed by atoms with Crippen LogP contribution in [0.3, 0.4) is 0 Å². The van der Waals surface area contributed by atoms with Gasteiger partial charge in [0.25, 0.3) is 0 Å². The predicted octanol–water partition coefficient (Wildman–Crippen LogP) is 4.38. The zero-order valence-corrected chi connectivity index (χ0v) is 14.0. The maximum absolute atomic E-state index is 2.36. The SMILES string of the molecule is CN(C)S/C(=C\C1C=[N+](C)c2ccccc21)c1ccccc1. The number of nitrogens with zero attached hydrogens (tertiary/aromatic N) is 2. The largest absolute Gasteiger partial charge is 0.253 e.